The lowest BCUT2D eigenvalue weighted by molar-refractivity contribution is -0.119. The molecule has 1 N–H and O–H groups in total. The molecular formula is C23H25N7OS. The van der Waals surface area contributed by atoms with Crippen LogP contribution in [0.4, 0.5) is 0 Å². The molecule has 32 heavy (non-hydrogen) atoms. The maximum Gasteiger partial charge on any atom is 0.231 e. The highest BCUT2D eigenvalue weighted by Crippen LogP contribution is 2.25. The minimum absolute atomic E-state index is 0.0771. The van der Waals surface area contributed by atoms with Gasteiger partial charge >= 0.3 is 0 Å². The van der Waals surface area contributed by atoms with Crippen molar-refractivity contribution in [3.05, 3.63) is 78.4 Å². The fourth-order valence-corrected chi connectivity index (χ4v) is 4.29. The van der Waals surface area contributed by atoms with Crippen molar-refractivity contribution in [3.8, 4) is 11.4 Å². The van der Waals surface area contributed by atoms with Gasteiger partial charge in [-0.15, -0.1) is 10.2 Å². The van der Waals surface area contributed by atoms with Gasteiger partial charge in [0.25, 0.3) is 0 Å². The van der Waals surface area contributed by atoms with E-state index in [0.29, 0.717) is 6.54 Å². The summed E-state index contributed by atoms with van der Waals surface area (Å²) in [5.74, 6) is 0.978. The topological polar surface area (TPSA) is 90.5 Å². The second-order valence-electron chi connectivity index (χ2n) is 7.36. The third-order valence-corrected chi connectivity index (χ3v) is 5.98. The van der Waals surface area contributed by atoms with E-state index in [4.69, 9.17) is 0 Å². The number of aromatic nitrogens is 6. The Morgan fingerprint density at radius 3 is 2.69 bits per heavy atom. The average molecular weight is 448 g/mol. The van der Waals surface area contributed by atoms with Crippen LogP contribution in [0.2, 0.25) is 0 Å². The summed E-state index contributed by atoms with van der Waals surface area (Å²) >= 11 is 1.39. The van der Waals surface area contributed by atoms with Crippen molar-refractivity contribution in [1.29, 1.82) is 0 Å². The highest BCUT2D eigenvalue weighted by atomic mass is 32.2. The monoisotopic (exact) mass is 447 g/mol. The lowest BCUT2D eigenvalue weighted by atomic mass is 10.1. The van der Waals surface area contributed by atoms with Gasteiger partial charge in [0.1, 0.15) is 12.7 Å². The van der Waals surface area contributed by atoms with Crippen LogP contribution in [-0.2, 0) is 17.9 Å². The molecule has 2 aromatic heterocycles. The molecule has 2 heterocycles. The van der Waals surface area contributed by atoms with E-state index < -0.39 is 0 Å². The molecule has 164 valence electrons. The SMILES string of the molecule is CCn1c(SCC(=O)NC(Cn2cncn2)c2ccccc2)nnc1-c1cccc(C)c1. The van der Waals surface area contributed by atoms with Crippen molar-refractivity contribution < 1.29 is 4.79 Å². The van der Waals surface area contributed by atoms with Gasteiger partial charge in [-0.3, -0.25) is 9.48 Å². The number of thioether (sulfide) groups is 1. The van der Waals surface area contributed by atoms with Crippen LogP contribution in [0, 0.1) is 6.92 Å². The summed E-state index contributed by atoms with van der Waals surface area (Å²) in [5.41, 5.74) is 3.20. The first-order valence-corrected chi connectivity index (χ1v) is 11.4. The van der Waals surface area contributed by atoms with Gasteiger partial charge in [-0.05, 0) is 25.5 Å². The molecule has 0 aliphatic rings. The fourth-order valence-electron chi connectivity index (χ4n) is 3.48. The standard InChI is InChI=1S/C23H25N7OS/c1-3-30-22(19-11-7-8-17(2)12-19)27-28-23(30)32-14-21(31)26-20(13-29-16-24-15-25-29)18-9-5-4-6-10-18/h4-12,15-16,20H,3,13-14H2,1-2H3,(H,26,31). The second kappa shape index (κ2) is 10.2. The van der Waals surface area contributed by atoms with Crippen molar-refractivity contribution in [2.24, 2.45) is 0 Å². The summed E-state index contributed by atoms with van der Waals surface area (Å²) in [5, 5.41) is 16.7. The Labute approximate surface area is 191 Å². The Bertz CT molecular complexity index is 1160. The van der Waals surface area contributed by atoms with Gasteiger partial charge < -0.3 is 9.88 Å². The van der Waals surface area contributed by atoms with E-state index >= 15 is 0 Å². The Balaban J connectivity index is 1.44. The maximum atomic E-state index is 12.8. The number of aryl methyl sites for hydroxylation is 1. The predicted molar refractivity (Wildman–Crippen MR) is 124 cm³/mol. The average Bonchev–Trinajstić information content (AvgIpc) is 3.47. The molecule has 1 atom stereocenters. The van der Waals surface area contributed by atoms with E-state index in [-0.39, 0.29) is 17.7 Å². The van der Waals surface area contributed by atoms with Gasteiger partial charge in [0, 0.05) is 12.1 Å². The van der Waals surface area contributed by atoms with Crippen LogP contribution in [0.3, 0.4) is 0 Å². The molecule has 0 aliphatic heterocycles. The molecule has 1 amide bonds. The Morgan fingerprint density at radius 2 is 1.97 bits per heavy atom. The van der Waals surface area contributed by atoms with Crippen molar-refractivity contribution in [1.82, 2.24) is 34.8 Å². The molecule has 0 radical (unpaired) electrons. The summed E-state index contributed by atoms with van der Waals surface area (Å²) in [6.45, 7) is 5.33. The fraction of sp³-hybridized carbons (Fsp3) is 0.261. The van der Waals surface area contributed by atoms with E-state index in [2.05, 4.69) is 51.6 Å². The number of rotatable bonds is 9. The van der Waals surface area contributed by atoms with Crippen LogP contribution in [-0.4, -0.2) is 41.2 Å². The Hall–Kier alpha value is -3.46. The maximum absolute atomic E-state index is 12.8. The number of carbonyl (C=O) groups is 1. The number of hydrogen-bond donors (Lipinski definition) is 1. The molecule has 8 nitrogen and oxygen atoms in total. The van der Waals surface area contributed by atoms with Crippen molar-refractivity contribution in [2.75, 3.05) is 5.75 Å². The Morgan fingerprint density at radius 1 is 1.12 bits per heavy atom. The quantitative estimate of drug-likeness (QED) is 0.395. The van der Waals surface area contributed by atoms with Crippen LogP contribution in [0.15, 0.2) is 72.4 Å². The zero-order valence-corrected chi connectivity index (χ0v) is 18.9. The van der Waals surface area contributed by atoms with Crippen molar-refractivity contribution >= 4 is 17.7 Å². The number of carbonyl (C=O) groups excluding carboxylic acids is 1. The first kappa shape index (κ1) is 21.8. The molecule has 9 heteroatoms. The van der Waals surface area contributed by atoms with E-state index in [9.17, 15) is 4.79 Å². The summed E-state index contributed by atoms with van der Waals surface area (Å²) in [6, 6.07) is 17.8. The van der Waals surface area contributed by atoms with E-state index in [1.165, 1.54) is 23.7 Å². The van der Waals surface area contributed by atoms with Gasteiger partial charge in [0.2, 0.25) is 5.91 Å². The highest BCUT2D eigenvalue weighted by molar-refractivity contribution is 7.99. The largest absolute Gasteiger partial charge is 0.347 e. The minimum Gasteiger partial charge on any atom is -0.347 e. The second-order valence-corrected chi connectivity index (χ2v) is 8.30. The molecule has 0 aliphatic carbocycles. The van der Waals surface area contributed by atoms with E-state index in [0.717, 1.165) is 28.7 Å². The minimum atomic E-state index is -0.210. The first-order chi connectivity index (χ1) is 15.6. The van der Waals surface area contributed by atoms with Crippen molar-refractivity contribution in [3.63, 3.8) is 0 Å². The zero-order valence-electron chi connectivity index (χ0n) is 18.0. The molecule has 2 aromatic carbocycles. The number of nitrogens with zero attached hydrogens (tertiary/aromatic N) is 6. The van der Waals surface area contributed by atoms with Crippen LogP contribution in [0.25, 0.3) is 11.4 Å². The lowest BCUT2D eigenvalue weighted by Gasteiger charge is -2.19. The molecule has 0 bridgehead atoms. The normalized spacial score (nSPS) is 11.9. The van der Waals surface area contributed by atoms with E-state index in [1.807, 2.05) is 47.0 Å². The number of hydrogen-bond acceptors (Lipinski definition) is 6. The first-order valence-electron chi connectivity index (χ1n) is 10.4. The number of nitrogens with one attached hydrogen (secondary N) is 1. The number of benzene rings is 2. The lowest BCUT2D eigenvalue weighted by Crippen LogP contribution is -2.32. The molecule has 0 saturated carbocycles. The van der Waals surface area contributed by atoms with Gasteiger partial charge in [-0.2, -0.15) is 5.10 Å². The third-order valence-electron chi connectivity index (χ3n) is 5.02. The summed E-state index contributed by atoms with van der Waals surface area (Å²) in [4.78, 5) is 16.8. The van der Waals surface area contributed by atoms with Crippen LogP contribution >= 0.6 is 11.8 Å². The Kier molecular flexibility index (Phi) is 6.96. The number of amides is 1. The van der Waals surface area contributed by atoms with Gasteiger partial charge in [0.05, 0.1) is 18.3 Å². The molecule has 4 rings (SSSR count). The van der Waals surface area contributed by atoms with Gasteiger partial charge in [-0.1, -0.05) is 65.9 Å². The predicted octanol–water partition coefficient (Wildman–Crippen LogP) is 3.51. The molecule has 0 fully saturated rings. The summed E-state index contributed by atoms with van der Waals surface area (Å²) in [6.07, 6.45) is 3.14. The molecular weight excluding hydrogens is 422 g/mol. The third kappa shape index (κ3) is 5.23. The summed E-state index contributed by atoms with van der Waals surface area (Å²) in [7, 11) is 0. The smallest absolute Gasteiger partial charge is 0.231 e. The van der Waals surface area contributed by atoms with E-state index in [1.54, 1.807) is 11.0 Å². The molecule has 1 unspecified atom stereocenters. The van der Waals surface area contributed by atoms with Crippen LogP contribution in [0.1, 0.15) is 24.1 Å². The molecule has 0 saturated heterocycles. The van der Waals surface area contributed by atoms with Crippen LogP contribution < -0.4 is 5.32 Å². The summed E-state index contributed by atoms with van der Waals surface area (Å²) < 4.78 is 3.75. The molecule has 4 aromatic rings. The van der Waals surface area contributed by atoms with Gasteiger partial charge in [-0.25, -0.2) is 4.98 Å². The van der Waals surface area contributed by atoms with Crippen LogP contribution in [0.5, 0.6) is 0 Å². The highest BCUT2D eigenvalue weighted by Gasteiger charge is 2.18. The van der Waals surface area contributed by atoms with Crippen molar-refractivity contribution in [2.45, 2.75) is 38.1 Å². The molecule has 0 spiro atoms. The van der Waals surface area contributed by atoms with Gasteiger partial charge in [0.15, 0.2) is 11.0 Å². The zero-order chi connectivity index (χ0) is 22.3.